The van der Waals surface area contributed by atoms with Crippen molar-refractivity contribution in [2.75, 3.05) is 17.6 Å². The number of unbranched alkanes of at least 4 members (excludes halogenated alkanes) is 1. The molecule has 1 aromatic heterocycles. The van der Waals surface area contributed by atoms with E-state index in [1.807, 2.05) is 6.92 Å². The highest BCUT2D eigenvalue weighted by molar-refractivity contribution is 5.98. The van der Waals surface area contributed by atoms with Crippen LogP contribution in [0.2, 0.25) is 0 Å². The van der Waals surface area contributed by atoms with Crippen molar-refractivity contribution in [1.29, 1.82) is 0 Å². The summed E-state index contributed by atoms with van der Waals surface area (Å²) in [5, 5.41) is 22.8. The molecule has 0 aliphatic carbocycles. The first-order valence-corrected chi connectivity index (χ1v) is 5.81. The zero-order chi connectivity index (χ0) is 14.6. The van der Waals surface area contributed by atoms with Crippen LogP contribution in [0.15, 0.2) is 0 Å². The molecule has 104 valence electrons. The smallest absolute Gasteiger partial charge is 0.339 e. The highest BCUT2D eigenvalue weighted by Crippen LogP contribution is 2.33. The Morgan fingerprint density at radius 1 is 1.58 bits per heavy atom. The van der Waals surface area contributed by atoms with Gasteiger partial charge in [0.15, 0.2) is 0 Å². The third-order valence-corrected chi connectivity index (χ3v) is 2.61. The number of aromatic carboxylic acids is 1. The number of nitro groups is 1. The molecule has 0 atom stereocenters. The molecule has 0 amide bonds. The van der Waals surface area contributed by atoms with Crippen molar-refractivity contribution in [3.8, 4) is 0 Å². The van der Waals surface area contributed by atoms with Gasteiger partial charge in [0.05, 0.1) is 10.6 Å². The van der Waals surface area contributed by atoms with E-state index in [0.29, 0.717) is 6.54 Å². The predicted molar refractivity (Wildman–Crippen MR) is 70.4 cm³/mol. The standard InChI is InChI=1S/C11H16N4O4/c1-3-4-5-13-10-9(15(18)19)8(12)7(11(16)17)6(2)14-10/h3-5H2,1-2H3,(H,16,17)(H3,12,13,14). The molecule has 8 nitrogen and oxygen atoms in total. The summed E-state index contributed by atoms with van der Waals surface area (Å²) in [6.07, 6.45) is 1.74. The van der Waals surface area contributed by atoms with Gasteiger partial charge in [-0.15, -0.1) is 0 Å². The van der Waals surface area contributed by atoms with Gasteiger partial charge in [-0.25, -0.2) is 9.78 Å². The molecule has 1 heterocycles. The molecule has 0 unspecified atom stereocenters. The Balaban J connectivity index is 3.31. The van der Waals surface area contributed by atoms with Gasteiger partial charge in [-0.1, -0.05) is 13.3 Å². The van der Waals surface area contributed by atoms with E-state index in [1.165, 1.54) is 6.92 Å². The Morgan fingerprint density at radius 3 is 2.68 bits per heavy atom. The Bertz CT molecular complexity index is 516. The van der Waals surface area contributed by atoms with E-state index in [0.717, 1.165) is 12.8 Å². The average Bonchev–Trinajstić information content (AvgIpc) is 2.27. The first-order valence-electron chi connectivity index (χ1n) is 5.81. The fourth-order valence-corrected chi connectivity index (χ4v) is 1.68. The van der Waals surface area contributed by atoms with Gasteiger partial charge in [0.1, 0.15) is 11.3 Å². The van der Waals surface area contributed by atoms with E-state index in [1.54, 1.807) is 0 Å². The molecule has 0 aromatic carbocycles. The highest BCUT2D eigenvalue weighted by Gasteiger charge is 2.27. The largest absolute Gasteiger partial charge is 0.478 e. The van der Waals surface area contributed by atoms with Crippen LogP contribution >= 0.6 is 0 Å². The summed E-state index contributed by atoms with van der Waals surface area (Å²) in [6.45, 7) is 3.95. The molecule has 0 radical (unpaired) electrons. The van der Waals surface area contributed by atoms with Gasteiger partial charge >= 0.3 is 11.7 Å². The Hall–Kier alpha value is -2.38. The molecule has 0 saturated heterocycles. The maximum atomic E-state index is 11.0. The molecular weight excluding hydrogens is 252 g/mol. The quantitative estimate of drug-likeness (QED) is 0.407. The third-order valence-electron chi connectivity index (χ3n) is 2.61. The SMILES string of the molecule is CCCCNc1nc(C)c(C(=O)O)c(N)c1[N+](=O)[O-]. The summed E-state index contributed by atoms with van der Waals surface area (Å²) in [7, 11) is 0. The number of nitrogen functional groups attached to an aromatic ring is 1. The summed E-state index contributed by atoms with van der Waals surface area (Å²) in [5.41, 5.74) is 4.55. The molecule has 1 aromatic rings. The number of carboxylic acids is 1. The van der Waals surface area contributed by atoms with Crippen LogP contribution in [0.4, 0.5) is 17.2 Å². The molecule has 0 saturated carbocycles. The van der Waals surface area contributed by atoms with Crippen molar-refractivity contribution in [2.24, 2.45) is 0 Å². The molecular formula is C11H16N4O4. The molecule has 19 heavy (non-hydrogen) atoms. The van der Waals surface area contributed by atoms with Crippen LogP contribution in [0.1, 0.15) is 35.8 Å². The van der Waals surface area contributed by atoms with Crippen LogP contribution in [0.25, 0.3) is 0 Å². The Kier molecular flexibility index (Phi) is 4.62. The number of aryl methyl sites for hydroxylation is 1. The highest BCUT2D eigenvalue weighted by atomic mass is 16.6. The van der Waals surface area contributed by atoms with E-state index in [4.69, 9.17) is 10.8 Å². The second kappa shape index (κ2) is 5.98. The van der Waals surface area contributed by atoms with E-state index in [2.05, 4.69) is 10.3 Å². The van der Waals surface area contributed by atoms with Crippen molar-refractivity contribution in [3.05, 3.63) is 21.4 Å². The molecule has 0 fully saturated rings. The predicted octanol–water partition coefficient (Wildman–Crippen LogP) is 1.79. The van der Waals surface area contributed by atoms with E-state index >= 15 is 0 Å². The fraction of sp³-hybridized carbons (Fsp3) is 0.455. The van der Waals surface area contributed by atoms with Gasteiger partial charge in [0.2, 0.25) is 5.82 Å². The van der Waals surface area contributed by atoms with Gasteiger partial charge < -0.3 is 16.2 Å². The van der Waals surface area contributed by atoms with E-state index < -0.39 is 16.6 Å². The summed E-state index contributed by atoms with van der Waals surface area (Å²) in [6, 6.07) is 0. The lowest BCUT2D eigenvalue weighted by Crippen LogP contribution is -2.14. The number of anilines is 2. The molecule has 0 aliphatic heterocycles. The molecule has 1 rings (SSSR count). The first kappa shape index (κ1) is 14.7. The van der Waals surface area contributed by atoms with Crippen LogP contribution in [-0.2, 0) is 0 Å². The van der Waals surface area contributed by atoms with Gasteiger partial charge in [0.25, 0.3) is 0 Å². The average molecular weight is 268 g/mol. The minimum absolute atomic E-state index is 0.0125. The number of nitrogens with two attached hydrogens (primary N) is 1. The summed E-state index contributed by atoms with van der Waals surface area (Å²) < 4.78 is 0. The second-order valence-corrected chi connectivity index (χ2v) is 4.03. The van der Waals surface area contributed by atoms with Gasteiger partial charge in [-0.05, 0) is 13.3 Å². The molecule has 0 spiro atoms. The molecule has 0 bridgehead atoms. The zero-order valence-corrected chi connectivity index (χ0v) is 10.8. The topological polar surface area (TPSA) is 131 Å². The monoisotopic (exact) mass is 268 g/mol. The third kappa shape index (κ3) is 3.09. The Labute approximate surface area is 109 Å². The molecule has 0 aliphatic rings. The number of pyridine rings is 1. The van der Waals surface area contributed by atoms with E-state index in [-0.39, 0.29) is 22.8 Å². The second-order valence-electron chi connectivity index (χ2n) is 4.03. The normalized spacial score (nSPS) is 10.2. The summed E-state index contributed by atoms with van der Waals surface area (Å²) in [4.78, 5) is 25.3. The van der Waals surface area contributed by atoms with Crippen molar-refractivity contribution in [3.63, 3.8) is 0 Å². The zero-order valence-electron chi connectivity index (χ0n) is 10.8. The van der Waals surface area contributed by atoms with Crippen LogP contribution in [0, 0.1) is 17.0 Å². The number of nitrogens with one attached hydrogen (secondary N) is 1. The van der Waals surface area contributed by atoms with Crippen molar-refractivity contribution < 1.29 is 14.8 Å². The minimum atomic E-state index is -1.33. The van der Waals surface area contributed by atoms with Gasteiger partial charge in [-0.3, -0.25) is 10.1 Å². The minimum Gasteiger partial charge on any atom is -0.478 e. The Morgan fingerprint density at radius 2 is 2.21 bits per heavy atom. The van der Waals surface area contributed by atoms with Crippen LogP contribution in [0.3, 0.4) is 0 Å². The van der Waals surface area contributed by atoms with Gasteiger partial charge in [0, 0.05) is 6.54 Å². The number of carboxylic acid groups (broad SMARTS) is 1. The molecule has 4 N–H and O–H groups in total. The lowest BCUT2D eigenvalue weighted by molar-refractivity contribution is -0.383. The van der Waals surface area contributed by atoms with Gasteiger partial charge in [-0.2, -0.15) is 0 Å². The summed E-state index contributed by atoms with van der Waals surface area (Å²) >= 11 is 0. The van der Waals surface area contributed by atoms with Crippen molar-refractivity contribution >= 4 is 23.2 Å². The first-order chi connectivity index (χ1) is 8.90. The van der Waals surface area contributed by atoms with Crippen LogP contribution < -0.4 is 11.1 Å². The number of rotatable bonds is 6. The lowest BCUT2D eigenvalue weighted by atomic mass is 10.1. The maximum Gasteiger partial charge on any atom is 0.339 e. The van der Waals surface area contributed by atoms with E-state index in [9.17, 15) is 14.9 Å². The summed E-state index contributed by atoms with van der Waals surface area (Å²) in [5.74, 6) is -1.32. The number of hydrogen-bond acceptors (Lipinski definition) is 6. The number of carbonyl (C=O) groups is 1. The maximum absolute atomic E-state index is 11.0. The molecule has 8 heteroatoms. The van der Waals surface area contributed by atoms with Crippen molar-refractivity contribution in [2.45, 2.75) is 26.7 Å². The van der Waals surface area contributed by atoms with Crippen LogP contribution in [0.5, 0.6) is 0 Å². The number of hydrogen-bond donors (Lipinski definition) is 3. The lowest BCUT2D eigenvalue weighted by Gasteiger charge is -2.11. The number of nitrogens with zero attached hydrogens (tertiary/aromatic N) is 2. The number of aromatic nitrogens is 1. The fourth-order valence-electron chi connectivity index (χ4n) is 1.68. The van der Waals surface area contributed by atoms with Crippen LogP contribution in [-0.4, -0.2) is 27.5 Å². The van der Waals surface area contributed by atoms with Crippen molar-refractivity contribution in [1.82, 2.24) is 4.98 Å².